The van der Waals surface area contributed by atoms with Crippen LogP contribution in [0.3, 0.4) is 0 Å². The molecule has 0 bridgehead atoms. The fraction of sp³-hybridized carbons (Fsp3) is 0.583. The SMILES string of the molecule is CN(Cc1cn[nH]c1)C(=O)NC1(CC(=O)O)CCC1. The van der Waals surface area contributed by atoms with E-state index in [1.807, 2.05) is 0 Å². The van der Waals surface area contributed by atoms with Gasteiger partial charge in [0.25, 0.3) is 0 Å². The monoisotopic (exact) mass is 266 g/mol. The zero-order chi connectivity index (χ0) is 13.9. The lowest BCUT2D eigenvalue weighted by molar-refractivity contribution is -0.139. The van der Waals surface area contributed by atoms with Gasteiger partial charge >= 0.3 is 12.0 Å². The predicted octanol–water partition coefficient (Wildman–Crippen LogP) is 0.948. The van der Waals surface area contributed by atoms with Crippen LogP contribution in [-0.2, 0) is 11.3 Å². The first-order chi connectivity index (χ1) is 9.01. The van der Waals surface area contributed by atoms with E-state index in [0.717, 1.165) is 24.8 Å². The number of nitrogens with one attached hydrogen (secondary N) is 2. The molecule has 2 amide bonds. The lowest BCUT2D eigenvalue weighted by Gasteiger charge is -2.42. The van der Waals surface area contributed by atoms with Crippen LogP contribution in [0.25, 0.3) is 0 Å². The van der Waals surface area contributed by atoms with E-state index in [-0.39, 0.29) is 12.5 Å². The number of aromatic amines is 1. The molecular formula is C12H18N4O3. The Morgan fingerprint density at radius 2 is 2.32 bits per heavy atom. The summed E-state index contributed by atoms with van der Waals surface area (Å²) < 4.78 is 0. The summed E-state index contributed by atoms with van der Waals surface area (Å²) in [5, 5.41) is 18.2. The van der Waals surface area contributed by atoms with E-state index in [4.69, 9.17) is 5.11 Å². The molecule has 3 N–H and O–H groups in total. The summed E-state index contributed by atoms with van der Waals surface area (Å²) >= 11 is 0. The lowest BCUT2D eigenvalue weighted by Crippen LogP contribution is -2.57. The van der Waals surface area contributed by atoms with E-state index in [2.05, 4.69) is 15.5 Å². The highest BCUT2D eigenvalue weighted by Gasteiger charge is 2.40. The summed E-state index contributed by atoms with van der Waals surface area (Å²) in [4.78, 5) is 24.4. The molecule has 104 valence electrons. The quantitative estimate of drug-likeness (QED) is 0.739. The average molecular weight is 266 g/mol. The molecule has 1 aromatic heterocycles. The minimum absolute atomic E-state index is 0.0156. The molecular weight excluding hydrogens is 248 g/mol. The topological polar surface area (TPSA) is 98.3 Å². The van der Waals surface area contributed by atoms with Crippen LogP contribution < -0.4 is 5.32 Å². The Morgan fingerprint density at radius 1 is 1.58 bits per heavy atom. The number of rotatable bonds is 5. The van der Waals surface area contributed by atoms with Crippen molar-refractivity contribution in [2.75, 3.05) is 7.05 Å². The number of carbonyl (C=O) groups excluding carboxylic acids is 1. The van der Waals surface area contributed by atoms with Crippen LogP contribution in [-0.4, -0.2) is 44.8 Å². The smallest absolute Gasteiger partial charge is 0.317 e. The number of carboxylic acid groups (broad SMARTS) is 1. The van der Waals surface area contributed by atoms with E-state index in [1.54, 1.807) is 19.4 Å². The molecule has 0 radical (unpaired) electrons. The molecule has 7 heteroatoms. The molecule has 1 heterocycles. The maximum Gasteiger partial charge on any atom is 0.317 e. The molecule has 1 aliphatic rings. The van der Waals surface area contributed by atoms with Gasteiger partial charge in [-0.05, 0) is 19.3 Å². The van der Waals surface area contributed by atoms with Gasteiger partial charge < -0.3 is 15.3 Å². The molecule has 0 spiro atoms. The highest BCUT2D eigenvalue weighted by Crippen LogP contribution is 2.35. The number of nitrogens with zero attached hydrogens (tertiary/aromatic N) is 2. The Labute approximate surface area is 111 Å². The number of aromatic nitrogens is 2. The number of H-pyrrole nitrogens is 1. The molecule has 0 aromatic carbocycles. The van der Waals surface area contributed by atoms with Gasteiger partial charge in [-0.3, -0.25) is 9.89 Å². The minimum atomic E-state index is -0.877. The molecule has 7 nitrogen and oxygen atoms in total. The largest absolute Gasteiger partial charge is 0.481 e. The highest BCUT2D eigenvalue weighted by atomic mass is 16.4. The second-order valence-electron chi connectivity index (χ2n) is 5.10. The number of carbonyl (C=O) groups is 2. The second kappa shape index (κ2) is 5.29. The standard InChI is InChI=1S/C12H18N4O3/c1-16(8-9-6-13-14-7-9)11(19)15-12(3-2-4-12)5-10(17)18/h6-7H,2-5,8H2,1H3,(H,13,14)(H,15,19)(H,17,18). The van der Waals surface area contributed by atoms with Crippen LogP contribution in [0.15, 0.2) is 12.4 Å². The number of amides is 2. The molecule has 1 saturated carbocycles. The van der Waals surface area contributed by atoms with Crippen LogP contribution in [0.2, 0.25) is 0 Å². The second-order valence-corrected chi connectivity index (χ2v) is 5.10. The first-order valence-corrected chi connectivity index (χ1v) is 6.23. The summed E-state index contributed by atoms with van der Waals surface area (Å²) in [5.41, 5.74) is 0.339. The van der Waals surface area contributed by atoms with E-state index in [0.29, 0.717) is 6.54 Å². The highest BCUT2D eigenvalue weighted by molar-refractivity contribution is 5.77. The predicted molar refractivity (Wildman–Crippen MR) is 67.4 cm³/mol. The zero-order valence-electron chi connectivity index (χ0n) is 10.8. The van der Waals surface area contributed by atoms with E-state index in [9.17, 15) is 9.59 Å². The summed E-state index contributed by atoms with van der Waals surface area (Å²) in [6.45, 7) is 0.436. The molecule has 1 fully saturated rings. The van der Waals surface area contributed by atoms with E-state index in [1.165, 1.54) is 4.90 Å². The van der Waals surface area contributed by atoms with E-state index < -0.39 is 11.5 Å². The molecule has 2 rings (SSSR count). The average Bonchev–Trinajstić information content (AvgIpc) is 2.78. The number of urea groups is 1. The normalized spacial score (nSPS) is 16.5. The molecule has 19 heavy (non-hydrogen) atoms. The van der Waals surface area contributed by atoms with Crippen molar-refractivity contribution in [1.82, 2.24) is 20.4 Å². The summed E-state index contributed by atoms with van der Waals surface area (Å²) in [5.74, 6) is -0.877. The third-order valence-corrected chi connectivity index (χ3v) is 3.49. The van der Waals surface area contributed by atoms with Crippen LogP contribution in [0.1, 0.15) is 31.2 Å². The van der Waals surface area contributed by atoms with Crippen molar-refractivity contribution in [3.8, 4) is 0 Å². The van der Waals surface area contributed by atoms with Crippen molar-refractivity contribution in [3.63, 3.8) is 0 Å². The van der Waals surface area contributed by atoms with Gasteiger partial charge in [-0.25, -0.2) is 4.79 Å². The number of hydrogen-bond donors (Lipinski definition) is 3. The van der Waals surface area contributed by atoms with Crippen molar-refractivity contribution < 1.29 is 14.7 Å². The Hall–Kier alpha value is -2.05. The minimum Gasteiger partial charge on any atom is -0.481 e. The van der Waals surface area contributed by atoms with Gasteiger partial charge in [-0.2, -0.15) is 5.10 Å². The number of carboxylic acids is 1. The summed E-state index contributed by atoms with van der Waals surface area (Å²) in [6, 6.07) is -0.248. The third kappa shape index (κ3) is 3.24. The fourth-order valence-electron chi connectivity index (χ4n) is 2.27. The molecule has 1 aliphatic carbocycles. The summed E-state index contributed by atoms with van der Waals surface area (Å²) in [6.07, 6.45) is 5.77. The number of hydrogen-bond acceptors (Lipinski definition) is 3. The molecule has 1 aromatic rings. The van der Waals surface area contributed by atoms with Crippen LogP contribution in [0.4, 0.5) is 4.79 Å². The maximum atomic E-state index is 12.1. The van der Waals surface area contributed by atoms with Crippen molar-refractivity contribution in [2.24, 2.45) is 0 Å². The first kappa shape index (κ1) is 13.4. The zero-order valence-corrected chi connectivity index (χ0v) is 10.8. The molecule has 0 aliphatic heterocycles. The van der Waals surface area contributed by atoms with Gasteiger partial charge in [-0.1, -0.05) is 0 Å². The van der Waals surface area contributed by atoms with Gasteiger partial charge in [0, 0.05) is 18.8 Å². The van der Waals surface area contributed by atoms with Crippen LogP contribution in [0.5, 0.6) is 0 Å². The Morgan fingerprint density at radius 3 is 2.79 bits per heavy atom. The van der Waals surface area contributed by atoms with Crippen LogP contribution in [0, 0.1) is 0 Å². The Bertz CT molecular complexity index is 454. The maximum absolute atomic E-state index is 12.1. The molecule has 0 unspecified atom stereocenters. The molecule has 0 atom stereocenters. The summed E-state index contributed by atoms with van der Waals surface area (Å²) in [7, 11) is 1.68. The van der Waals surface area contributed by atoms with Crippen LogP contribution >= 0.6 is 0 Å². The van der Waals surface area contributed by atoms with Gasteiger partial charge in [0.2, 0.25) is 0 Å². The third-order valence-electron chi connectivity index (χ3n) is 3.49. The van der Waals surface area contributed by atoms with Crippen molar-refractivity contribution in [3.05, 3.63) is 18.0 Å². The lowest BCUT2D eigenvalue weighted by atomic mass is 9.74. The van der Waals surface area contributed by atoms with Crippen molar-refractivity contribution >= 4 is 12.0 Å². The Balaban J connectivity index is 1.90. The van der Waals surface area contributed by atoms with Gasteiger partial charge in [-0.15, -0.1) is 0 Å². The first-order valence-electron chi connectivity index (χ1n) is 6.23. The van der Waals surface area contributed by atoms with Crippen molar-refractivity contribution in [2.45, 2.75) is 37.8 Å². The Kier molecular flexibility index (Phi) is 3.73. The fourth-order valence-corrected chi connectivity index (χ4v) is 2.27. The molecule has 0 saturated heterocycles. The van der Waals surface area contributed by atoms with Gasteiger partial charge in [0.1, 0.15) is 0 Å². The van der Waals surface area contributed by atoms with Crippen molar-refractivity contribution in [1.29, 1.82) is 0 Å². The van der Waals surface area contributed by atoms with Gasteiger partial charge in [0.05, 0.1) is 24.7 Å². The number of aliphatic carboxylic acids is 1. The van der Waals surface area contributed by atoms with E-state index >= 15 is 0 Å². The van der Waals surface area contributed by atoms with Gasteiger partial charge in [0.15, 0.2) is 0 Å².